The first kappa shape index (κ1) is 17.6. The summed E-state index contributed by atoms with van der Waals surface area (Å²) in [4.78, 5) is 0. The van der Waals surface area contributed by atoms with Gasteiger partial charge < -0.3 is 0 Å². The van der Waals surface area contributed by atoms with Crippen LogP contribution in [0.2, 0.25) is 0 Å². The Bertz CT molecular complexity index is 766. The molecule has 0 aliphatic heterocycles. The molecule has 7 heteroatoms. The van der Waals surface area contributed by atoms with Gasteiger partial charge in [-0.1, -0.05) is 30.3 Å². The van der Waals surface area contributed by atoms with Crippen molar-refractivity contribution in [3.63, 3.8) is 0 Å². The van der Waals surface area contributed by atoms with Crippen molar-refractivity contribution >= 4 is 22.6 Å². The highest BCUT2D eigenvalue weighted by Crippen LogP contribution is 2.28. The minimum atomic E-state index is -4.94. The van der Waals surface area contributed by atoms with E-state index < -0.39 is 10.2 Å². The summed E-state index contributed by atoms with van der Waals surface area (Å²) in [6.07, 6.45) is 0. The first-order chi connectivity index (χ1) is 10.9. The molecule has 0 amide bonds. The van der Waals surface area contributed by atoms with Crippen LogP contribution in [0.4, 0.5) is 0 Å². The van der Waals surface area contributed by atoms with Gasteiger partial charge in [-0.15, -0.1) is 21.8 Å². The van der Waals surface area contributed by atoms with E-state index in [-0.39, 0.29) is 0 Å². The molecule has 0 aliphatic rings. The van der Waals surface area contributed by atoms with Crippen LogP contribution in [0, 0.1) is 10.2 Å². The summed E-state index contributed by atoms with van der Waals surface area (Å²) in [5, 5.41) is 1.08. The van der Waals surface area contributed by atoms with Gasteiger partial charge in [-0.25, -0.2) is 23.1 Å². The molecule has 0 atom stereocenters. The Morgan fingerprint density at radius 3 is 2.04 bits per heavy atom. The zero-order valence-corrected chi connectivity index (χ0v) is 13.3. The Morgan fingerprint density at radius 2 is 1.43 bits per heavy atom. The van der Waals surface area contributed by atoms with Crippen LogP contribution in [0.15, 0.2) is 65.1 Å². The average Bonchev–Trinajstić information content (AvgIpc) is 2.53. The molecular weight excluding hydrogens is 343 g/mol. The van der Waals surface area contributed by atoms with E-state index in [0.717, 1.165) is 27.9 Å². The molecule has 3 rings (SSSR count). The summed E-state index contributed by atoms with van der Waals surface area (Å²) < 4.78 is 39.9. The summed E-state index contributed by atoms with van der Waals surface area (Å²) >= 11 is 6.02. The molecule has 0 saturated heterocycles. The van der Waals surface area contributed by atoms with Crippen LogP contribution in [0.5, 0.6) is 0 Å². The van der Waals surface area contributed by atoms with Gasteiger partial charge >= 0.3 is 11.3 Å². The van der Waals surface area contributed by atoms with E-state index in [4.69, 9.17) is 34.7 Å². The van der Waals surface area contributed by atoms with Crippen molar-refractivity contribution in [2.24, 2.45) is 0 Å². The maximum Gasteiger partial charge on any atom is 0.361 e. The van der Waals surface area contributed by atoms with Crippen molar-refractivity contribution < 1.29 is 33.3 Å². The lowest BCUT2D eigenvalue weighted by Gasteiger charge is -2.17. The maximum absolute atomic E-state index is 8.49. The van der Waals surface area contributed by atoms with Gasteiger partial charge in [0.25, 0.3) is 0 Å². The number of halogens is 2. The van der Waals surface area contributed by atoms with Gasteiger partial charge in [-0.3, -0.25) is 0 Å². The minimum absolute atomic E-state index is 0.483. The number of alkyl halides is 1. The number of benzene rings is 2. The number of hydrogen-bond donors (Lipinski definition) is 0. The minimum Gasteiger partial charge on any atom is -0.222 e. The second-order valence-corrected chi connectivity index (χ2v) is 5.53. The standard InChI is InChI=1S/C16H12ClO.ClHO4/c17-11-13-10-16(12-6-2-1-3-7-12)18-15-9-5-4-8-14(13)15;2-1(3,4)5/h1-10H,11H2;(H,2,3,4,5)/q+1;/p-1. The van der Waals surface area contributed by atoms with E-state index in [9.17, 15) is 0 Å². The van der Waals surface area contributed by atoms with Gasteiger partial charge in [0, 0.05) is 18.0 Å². The van der Waals surface area contributed by atoms with E-state index in [0.29, 0.717) is 5.88 Å². The molecule has 0 N–H and O–H groups in total. The van der Waals surface area contributed by atoms with Crippen LogP contribution < -0.4 is 18.6 Å². The van der Waals surface area contributed by atoms with Crippen molar-refractivity contribution in [1.82, 2.24) is 0 Å². The summed E-state index contributed by atoms with van der Waals surface area (Å²) in [6.45, 7) is 0. The zero-order chi connectivity index (χ0) is 16.9. The van der Waals surface area contributed by atoms with Crippen molar-refractivity contribution in [3.8, 4) is 11.3 Å². The lowest BCUT2D eigenvalue weighted by Crippen LogP contribution is -2.68. The van der Waals surface area contributed by atoms with Crippen molar-refractivity contribution in [3.05, 3.63) is 66.2 Å². The van der Waals surface area contributed by atoms with Crippen molar-refractivity contribution in [1.29, 1.82) is 0 Å². The third kappa shape index (κ3) is 5.44. The SMILES string of the molecule is ClCc1cc(-c2ccccc2)[o+]c2ccccc12.[O-][Cl+3]([O-])([O-])[O-]. The molecule has 23 heavy (non-hydrogen) atoms. The second kappa shape index (κ2) is 7.70. The molecule has 1 aromatic heterocycles. The molecule has 0 radical (unpaired) electrons. The Balaban J connectivity index is 0.000000338. The molecule has 0 aliphatic carbocycles. The van der Waals surface area contributed by atoms with Crippen LogP contribution in [-0.2, 0) is 5.88 Å². The highest BCUT2D eigenvalue weighted by molar-refractivity contribution is 6.18. The Labute approximate surface area is 139 Å². The zero-order valence-electron chi connectivity index (χ0n) is 11.8. The monoisotopic (exact) mass is 354 g/mol. The molecule has 0 bridgehead atoms. The average molecular weight is 355 g/mol. The maximum atomic E-state index is 8.49. The van der Waals surface area contributed by atoms with E-state index in [1.54, 1.807) is 0 Å². The van der Waals surface area contributed by atoms with Gasteiger partial charge in [-0.05, 0) is 23.8 Å². The fraction of sp³-hybridized carbons (Fsp3) is 0.0625. The first-order valence-electron chi connectivity index (χ1n) is 6.46. The molecule has 0 fully saturated rings. The number of hydrogen-bond acceptors (Lipinski definition) is 4. The first-order valence-corrected chi connectivity index (χ1v) is 8.23. The quantitative estimate of drug-likeness (QED) is 0.488. The highest BCUT2D eigenvalue weighted by Gasteiger charge is 2.17. The van der Waals surface area contributed by atoms with Gasteiger partial charge in [0.2, 0.25) is 0 Å². The van der Waals surface area contributed by atoms with E-state index >= 15 is 0 Å². The summed E-state index contributed by atoms with van der Waals surface area (Å²) in [5.74, 6) is 1.33. The third-order valence-corrected chi connectivity index (χ3v) is 3.25. The van der Waals surface area contributed by atoms with Gasteiger partial charge in [0.1, 0.15) is 0 Å². The van der Waals surface area contributed by atoms with Gasteiger partial charge in [0.05, 0.1) is 10.9 Å². The van der Waals surface area contributed by atoms with Crippen LogP contribution in [0.1, 0.15) is 5.56 Å². The number of fused-ring (bicyclic) bond motifs is 1. The lowest BCUT2D eigenvalue weighted by molar-refractivity contribution is -2.00. The normalized spacial score (nSPS) is 11.0. The highest BCUT2D eigenvalue weighted by atomic mass is 35.7. The Kier molecular flexibility index (Phi) is 5.90. The van der Waals surface area contributed by atoms with Crippen LogP contribution in [0.25, 0.3) is 22.3 Å². The van der Waals surface area contributed by atoms with Crippen molar-refractivity contribution in [2.45, 2.75) is 5.88 Å². The van der Waals surface area contributed by atoms with Crippen LogP contribution in [0.3, 0.4) is 0 Å². The van der Waals surface area contributed by atoms with Crippen LogP contribution in [-0.4, -0.2) is 0 Å². The smallest absolute Gasteiger partial charge is 0.222 e. The summed E-state index contributed by atoms with van der Waals surface area (Å²) in [7, 11) is -4.94. The van der Waals surface area contributed by atoms with Gasteiger partial charge in [-0.2, -0.15) is 0 Å². The Morgan fingerprint density at radius 1 is 0.870 bits per heavy atom. The number of para-hydroxylation sites is 1. The van der Waals surface area contributed by atoms with Crippen molar-refractivity contribution in [2.75, 3.05) is 0 Å². The topological polar surface area (TPSA) is 104 Å². The summed E-state index contributed by atoms with van der Waals surface area (Å²) in [6, 6.07) is 20.0. The number of rotatable bonds is 2. The molecule has 0 spiro atoms. The van der Waals surface area contributed by atoms with E-state index in [1.165, 1.54) is 0 Å². The molecular formula is C16H12Cl2O5. The third-order valence-electron chi connectivity index (χ3n) is 2.96. The van der Waals surface area contributed by atoms with E-state index in [2.05, 4.69) is 0 Å². The second-order valence-electron chi connectivity index (χ2n) is 4.51. The fourth-order valence-electron chi connectivity index (χ4n) is 2.06. The molecule has 0 unspecified atom stereocenters. The Hall–Kier alpha value is -1.73. The molecule has 5 nitrogen and oxygen atoms in total. The molecule has 1 heterocycles. The predicted molar refractivity (Wildman–Crippen MR) is 75.6 cm³/mol. The molecule has 3 aromatic rings. The van der Waals surface area contributed by atoms with E-state index in [1.807, 2.05) is 60.7 Å². The fourth-order valence-corrected chi connectivity index (χ4v) is 2.28. The molecule has 120 valence electrons. The van der Waals surface area contributed by atoms with Gasteiger partial charge in [0.15, 0.2) is 0 Å². The summed E-state index contributed by atoms with van der Waals surface area (Å²) in [5.41, 5.74) is 3.03. The predicted octanol–water partition coefficient (Wildman–Crippen LogP) is 0.364. The molecule has 2 aromatic carbocycles. The largest absolute Gasteiger partial charge is 0.361 e. The molecule has 0 saturated carbocycles. The lowest BCUT2D eigenvalue weighted by atomic mass is 10.1. The van der Waals surface area contributed by atoms with Crippen LogP contribution >= 0.6 is 11.6 Å².